The van der Waals surface area contributed by atoms with Gasteiger partial charge in [-0.05, 0) is 30.9 Å². The Kier molecular flexibility index (Phi) is 7.70. The minimum absolute atomic E-state index is 0.166. The molecule has 2 aliphatic carbocycles. The second-order valence-electron chi connectivity index (χ2n) is 10.4. The molecular weight excluding hydrogens is 476 g/mol. The fourth-order valence-corrected chi connectivity index (χ4v) is 6.00. The van der Waals surface area contributed by atoms with Crippen LogP contribution in [0, 0.1) is 29.6 Å². The fraction of sp³-hybridized carbons (Fsp3) is 0.720. The standard InChI is InChI=1S/C25H34O11/c1-9(2)23(31)34-14-5-10(3)16-13(27)6-12(18(16)22-17(14)11(4)24(32)36-22)8-33-25-21(30)20(29)19(28)15(7-26)35-25/h6,10-11,14-22,25-26,28-30H,1,5,7-8H2,2-4H3/t10-,11-,14-,15+,16+,17+,18-,19+,20-,21+,22-,25+/m0/s1. The number of aliphatic hydroxyl groups excluding tert-OH is 4. The largest absolute Gasteiger partial charge is 0.461 e. The average molecular weight is 511 g/mol. The second-order valence-corrected chi connectivity index (χ2v) is 10.4. The predicted octanol–water partition coefficient (Wildman–Crippen LogP) is -0.750. The van der Waals surface area contributed by atoms with Crippen molar-refractivity contribution in [1.82, 2.24) is 0 Å². The summed E-state index contributed by atoms with van der Waals surface area (Å²) in [5, 5.41) is 39.7. The highest BCUT2D eigenvalue weighted by atomic mass is 16.7. The van der Waals surface area contributed by atoms with Crippen LogP contribution in [0.1, 0.15) is 27.2 Å². The van der Waals surface area contributed by atoms with Gasteiger partial charge < -0.3 is 39.4 Å². The molecule has 2 saturated heterocycles. The van der Waals surface area contributed by atoms with Gasteiger partial charge in [0.05, 0.1) is 19.1 Å². The molecule has 2 aliphatic heterocycles. The molecule has 200 valence electrons. The third-order valence-electron chi connectivity index (χ3n) is 7.92. The molecule has 2 heterocycles. The summed E-state index contributed by atoms with van der Waals surface area (Å²) in [7, 11) is 0. The molecule has 36 heavy (non-hydrogen) atoms. The van der Waals surface area contributed by atoms with Gasteiger partial charge >= 0.3 is 11.9 Å². The molecule has 4 N–H and O–H groups in total. The van der Waals surface area contributed by atoms with Crippen molar-refractivity contribution in [3.8, 4) is 0 Å². The Morgan fingerprint density at radius 3 is 2.47 bits per heavy atom. The number of allylic oxidation sites excluding steroid dienone is 1. The summed E-state index contributed by atoms with van der Waals surface area (Å²) in [5.41, 5.74) is 0.753. The normalized spacial score (nSPS) is 44.2. The molecule has 11 heteroatoms. The molecule has 0 amide bonds. The molecule has 0 radical (unpaired) electrons. The number of carbonyl (C=O) groups is 3. The van der Waals surface area contributed by atoms with Gasteiger partial charge in [0.25, 0.3) is 0 Å². The summed E-state index contributed by atoms with van der Waals surface area (Å²) in [6.07, 6.45) is -6.80. The van der Waals surface area contributed by atoms with Gasteiger partial charge in [0.2, 0.25) is 0 Å². The van der Waals surface area contributed by atoms with Crippen LogP contribution in [0.2, 0.25) is 0 Å². The van der Waals surface area contributed by atoms with E-state index in [-0.39, 0.29) is 23.9 Å². The lowest BCUT2D eigenvalue weighted by atomic mass is 9.77. The lowest BCUT2D eigenvalue weighted by Gasteiger charge is -2.40. The summed E-state index contributed by atoms with van der Waals surface area (Å²) in [6.45, 7) is 7.98. The Balaban J connectivity index is 1.58. The van der Waals surface area contributed by atoms with E-state index in [0.29, 0.717) is 12.0 Å². The van der Waals surface area contributed by atoms with Crippen molar-refractivity contribution in [2.45, 2.75) is 70.1 Å². The highest BCUT2D eigenvalue weighted by Crippen LogP contribution is 2.51. The minimum atomic E-state index is -1.60. The first kappa shape index (κ1) is 26.9. The molecule has 12 atom stereocenters. The van der Waals surface area contributed by atoms with E-state index in [1.165, 1.54) is 13.0 Å². The number of ether oxygens (including phenoxy) is 4. The zero-order chi connectivity index (χ0) is 26.5. The monoisotopic (exact) mass is 510 g/mol. The van der Waals surface area contributed by atoms with E-state index in [9.17, 15) is 34.8 Å². The summed E-state index contributed by atoms with van der Waals surface area (Å²) < 4.78 is 22.6. The maximum atomic E-state index is 13.1. The van der Waals surface area contributed by atoms with Gasteiger partial charge in [0, 0.05) is 23.3 Å². The van der Waals surface area contributed by atoms with Gasteiger partial charge in [-0.25, -0.2) is 4.79 Å². The van der Waals surface area contributed by atoms with Crippen molar-refractivity contribution in [3.63, 3.8) is 0 Å². The van der Waals surface area contributed by atoms with Gasteiger partial charge in [0.15, 0.2) is 12.1 Å². The third-order valence-corrected chi connectivity index (χ3v) is 7.92. The molecule has 3 fully saturated rings. The van der Waals surface area contributed by atoms with Crippen molar-refractivity contribution >= 4 is 17.7 Å². The van der Waals surface area contributed by atoms with Crippen molar-refractivity contribution in [2.24, 2.45) is 29.6 Å². The predicted molar refractivity (Wildman–Crippen MR) is 121 cm³/mol. The van der Waals surface area contributed by atoms with Crippen molar-refractivity contribution in [2.75, 3.05) is 13.2 Å². The molecule has 4 aliphatic rings. The molecule has 0 aromatic heterocycles. The number of aliphatic hydroxyl groups is 4. The first-order chi connectivity index (χ1) is 17.0. The maximum Gasteiger partial charge on any atom is 0.333 e. The molecule has 0 aromatic carbocycles. The summed E-state index contributed by atoms with van der Waals surface area (Å²) in [6, 6.07) is 0. The number of rotatable bonds is 6. The Hall–Kier alpha value is -2.15. The fourth-order valence-electron chi connectivity index (χ4n) is 6.00. The Labute approximate surface area is 208 Å². The van der Waals surface area contributed by atoms with E-state index in [0.717, 1.165) is 0 Å². The molecule has 0 bridgehead atoms. The molecule has 0 unspecified atom stereocenters. The van der Waals surface area contributed by atoms with Crippen LogP contribution >= 0.6 is 0 Å². The van der Waals surface area contributed by atoms with E-state index < -0.39 is 85.1 Å². The van der Waals surface area contributed by atoms with Crippen LogP contribution in [0.4, 0.5) is 0 Å². The van der Waals surface area contributed by atoms with E-state index in [1.807, 2.05) is 6.92 Å². The molecular formula is C25H34O11. The van der Waals surface area contributed by atoms with Gasteiger partial charge in [-0.2, -0.15) is 0 Å². The van der Waals surface area contributed by atoms with Crippen LogP contribution in [-0.4, -0.2) is 94.3 Å². The van der Waals surface area contributed by atoms with Crippen LogP contribution in [-0.2, 0) is 33.3 Å². The zero-order valence-electron chi connectivity index (χ0n) is 20.5. The third kappa shape index (κ3) is 4.64. The highest BCUT2D eigenvalue weighted by molar-refractivity contribution is 5.96. The Morgan fingerprint density at radius 2 is 1.83 bits per heavy atom. The molecule has 4 rings (SSSR count). The lowest BCUT2D eigenvalue weighted by molar-refractivity contribution is -0.299. The van der Waals surface area contributed by atoms with Gasteiger partial charge in [0.1, 0.15) is 36.6 Å². The number of hydrogen-bond donors (Lipinski definition) is 4. The van der Waals surface area contributed by atoms with E-state index in [4.69, 9.17) is 18.9 Å². The SMILES string of the molecule is C=C(C)C(=O)O[C@H]1C[C@H](C)[C@@H]2C(=O)C=C(CO[C@@H]3O[C@H](CO)[C@@H](O)[C@H](O)[C@H]3O)[C@@H]2[C@H]2OC(=O)[C@@H](C)[C@@H]21. The first-order valence-electron chi connectivity index (χ1n) is 12.2. The maximum absolute atomic E-state index is 13.1. The van der Waals surface area contributed by atoms with Crippen molar-refractivity contribution < 1.29 is 53.8 Å². The number of hydrogen-bond acceptors (Lipinski definition) is 11. The lowest BCUT2D eigenvalue weighted by Crippen LogP contribution is -2.59. The molecule has 1 saturated carbocycles. The summed E-state index contributed by atoms with van der Waals surface area (Å²) in [5.74, 6) is -3.50. The minimum Gasteiger partial charge on any atom is -0.461 e. The average Bonchev–Trinajstić information content (AvgIpc) is 3.27. The quantitative estimate of drug-likeness (QED) is 0.262. The molecule has 0 aromatic rings. The van der Waals surface area contributed by atoms with Gasteiger partial charge in [-0.15, -0.1) is 0 Å². The number of ketones is 1. The van der Waals surface area contributed by atoms with Crippen LogP contribution in [0.3, 0.4) is 0 Å². The topological polar surface area (TPSA) is 169 Å². The zero-order valence-corrected chi connectivity index (χ0v) is 20.5. The number of esters is 2. The molecule has 11 nitrogen and oxygen atoms in total. The van der Waals surface area contributed by atoms with Gasteiger partial charge in [-0.3, -0.25) is 9.59 Å². The Bertz CT molecular complexity index is 942. The number of carbonyl (C=O) groups excluding carboxylic acids is 3. The van der Waals surface area contributed by atoms with E-state index in [1.54, 1.807) is 6.92 Å². The van der Waals surface area contributed by atoms with Crippen LogP contribution in [0.25, 0.3) is 0 Å². The summed E-state index contributed by atoms with van der Waals surface area (Å²) in [4.78, 5) is 38.1. The smallest absolute Gasteiger partial charge is 0.333 e. The van der Waals surface area contributed by atoms with Crippen molar-refractivity contribution in [3.05, 3.63) is 23.8 Å². The second kappa shape index (κ2) is 10.3. The van der Waals surface area contributed by atoms with E-state index in [2.05, 4.69) is 6.58 Å². The molecule has 0 spiro atoms. The van der Waals surface area contributed by atoms with Crippen molar-refractivity contribution in [1.29, 1.82) is 0 Å². The first-order valence-corrected chi connectivity index (χ1v) is 12.2. The van der Waals surface area contributed by atoms with E-state index >= 15 is 0 Å². The summed E-state index contributed by atoms with van der Waals surface area (Å²) >= 11 is 0. The van der Waals surface area contributed by atoms with Gasteiger partial charge in [-0.1, -0.05) is 20.4 Å². The van der Waals surface area contributed by atoms with Crippen LogP contribution < -0.4 is 0 Å². The highest BCUT2D eigenvalue weighted by Gasteiger charge is 2.59. The Morgan fingerprint density at radius 1 is 1.14 bits per heavy atom. The van der Waals surface area contributed by atoms with Crippen LogP contribution in [0.5, 0.6) is 0 Å². The number of fused-ring (bicyclic) bond motifs is 3. The van der Waals surface area contributed by atoms with Crippen LogP contribution in [0.15, 0.2) is 23.8 Å².